The van der Waals surface area contributed by atoms with E-state index in [0.717, 1.165) is 39.8 Å². The molecule has 2 N–H and O–H groups in total. The molecule has 1 atom stereocenters. The van der Waals surface area contributed by atoms with Crippen LogP contribution in [0.3, 0.4) is 0 Å². The molecule has 1 unspecified atom stereocenters. The van der Waals surface area contributed by atoms with Crippen LogP contribution in [0.5, 0.6) is 0 Å². The predicted octanol–water partition coefficient (Wildman–Crippen LogP) is 3.98. The van der Waals surface area contributed by atoms with Crippen LogP contribution in [0.2, 0.25) is 0 Å². The minimum absolute atomic E-state index is 0.0275. The first-order valence-electron chi connectivity index (χ1n) is 7.25. The van der Waals surface area contributed by atoms with E-state index in [1.165, 1.54) is 12.1 Å². The minimum Gasteiger partial charge on any atom is -0.324 e. The summed E-state index contributed by atoms with van der Waals surface area (Å²) in [4.78, 5) is 0. The van der Waals surface area contributed by atoms with Gasteiger partial charge in [-0.2, -0.15) is 5.10 Å². The molecule has 21 heavy (non-hydrogen) atoms. The molecule has 2 aromatic rings. The van der Waals surface area contributed by atoms with Crippen LogP contribution in [0.4, 0.5) is 4.39 Å². The average molecular weight is 354 g/mol. The molecular formula is C16H21BrFN3. The molecule has 0 radical (unpaired) electrons. The van der Waals surface area contributed by atoms with Crippen molar-refractivity contribution < 1.29 is 4.39 Å². The van der Waals surface area contributed by atoms with Crippen LogP contribution in [0.15, 0.2) is 22.7 Å². The van der Waals surface area contributed by atoms with Crippen molar-refractivity contribution in [3.8, 4) is 0 Å². The summed E-state index contributed by atoms with van der Waals surface area (Å²) in [5.41, 5.74) is 10.5. The van der Waals surface area contributed by atoms with Crippen molar-refractivity contribution in [3.63, 3.8) is 0 Å². The molecule has 3 nitrogen and oxygen atoms in total. The Balaban J connectivity index is 2.44. The molecule has 0 aliphatic carbocycles. The maximum atomic E-state index is 13.2. The SMILES string of the molecule is CCc1nn(Cc2ccc(F)cc2Br)c(CC)c1C(C)N. The first-order chi connectivity index (χ1) is 9.97. The molecule has 1 aromatic carbocycles. The number of rotatable bonds is 5. The van der Waals surface area contributed by atoms with Gasteiger partial charge in [0.1, 0.15) is 5.82 Å². The molecule has 2 rings (SSSR count). The van der Waals surface area contributed by atoms with Gasteiger partial charge in [-0.05, 0) is 37.5 Å². The molecule has 0 amide bonds. The zero-order chi connectivity index (χ0) is 15.6. The summed E-state index contributed by atoms with van der Waals surface area (Å²) in [7, 11) is 0. The van der Waals surface area contributed by atoms with Gasteiger partial charge in [0.05, 0.1) is 12.2 Å². The summed E-state index contributed by atoms with van der Waals surface area (Å²) in [5, 5.41) is 4.70. The highest BCUT2D eigenvalue weighted by Gasteiger charge is 2.18. The lowest BCUT2D eigenvalue weighted by molar-refractivity contribution is 0.616. The van der Waals surface area contributed by atoms with Crippen molar-refractivity contribution in [2.75, 3.05) is 0 Å². The van der Waals surface area contributed by atoms with Gasteiger partial charge in [-0.15, -0.1) is 0 Å². The maximum Gasteiger partial charge on any atom is 0.124 e. The lowest BCUT2D eigenvalue weighted by atomic mass is 10.0. The van der Waals surface area contributed by atoms with Crippen LogP contribution >= 0.6 is 15.9 Å². The topological polar surface area (TPSA) is 43.8 Å². The van der Waals surface area contributed by atoms with Gasteiger partial charge in [-0.25, -0.2) is 4.39 Å². The van der Waals surface area contributed by atoms with Gasteiger partial charge in [0, 0.05) is 21.8 Å². The number of nitrogens with zero attached hydrogens (tertiary/aromatic N) is 2. The normalized spacial score (nSPS) is 12.7. The fourth-order valence-electron chi connectivity index (χ4n) is 2.67. The molecule has 5 heteroatoms. The summed E-state index contributed by atoms with van der Waals surface area (Å²) in [5.74, 6) is -0.243. The third-order valence-electron chi connectivity index (χ3n) is 3.64. The highest BCUT2D eigenvalue weighted by atomic mass is 79.9. The monoisotopic (exact) mass is 353 g/mol. The number of hydrogen-bond donors (Lipinski definition) is 1. The number of aryl methyl sites for hydroxylation is 1. The van der Waals surface area contributed by atoms with E-state index in [0.29, 0.717) is 6.54 Å². The Bertz CT molecular complexity index is 635. The zero-order valence-corrected chi connectivity index (χ0v) is 14.2. The number of aromatic nitrogens is 2. The van der Waals surface area contributed by atoms with Crippen LogP contribution in [0, 0.1) is 5.82 Å². The quantitative estimate of drug-likeness (QED) is 0.883. The fourth-order valence-corrected chi connectivity index (χ4v) is 3.14. The number of halogens is 2. The lowest BCUT2D eigenvalue weighted by Crippen LogP contribution is -2.11. The van der Waals surface area contributed by atoms with Crippen molar-refractivity contribution in [2.45, 2.75) is 46.2 Å². The fraction of sp³-hybridized carbons (Fsp3) is 0.438. The summed E-state index contributed by atoms with van der Waals surface area (Å²) in [6.45, 7) is 6.81. The maximum absolute atomic E-state index is 13.2. The zero-order valence-electron chi connectivity index (χ0n) is 12.7. The molecule has 0 spiro atoms. The van der Waals surface area contributed by atoms with E-state index in [-0.39, 0.29) is 11.9 Å². The van der Waals surface area contributed by atoms with Gasteiger partial charge >= 0.3 is 0 Å². The van der Waals surface area contributed by atoms with E-state index in [9.17, 15) is 4.39 Å². The van der Waals surface area contributed by atoms with Gasteiger partial charge in [0.25, 0.3) is 0 Å². The second-order valence-electron chi connectivity index (χ2n) is 5.20. The molecule has 1 heterocycles. The molecule has 0 saturated heterocycles. The number of nitrogens with two attached hydrogens (primary N) is 1. The van der Waals surface area contributed by atoms with E-state index in [1.807, 2.05) is 11.6 Å². The van der Waals surface area contributed by atoms with Crippen LogP contribution in [-0.4, -0.2) is 9.78 Å². The predicted molar refractivity (Wildman–Crippen MR) is 86.8 cm³/mol. The summed E-state index contributed by atoms with van der Waals surface area (Å²) >= 11 is 3.42. The number of benzene rings is 1. The standard InChI is InChI=1S/C16H21BrFN3/c1-4-14-16(10(3)19)15(5-2)21(20-14)9-11-6-7-12(18)8-13(11)17/h6-8,10H,4-5,9,19H2,1-3H3. The molecule has 0 aliphatic rings. The third kappa shape index (κ3) is 3.35. The minimum atomic E-state index is -0.243. The van der Waals surface area contributed by atoms with Gasteiger partial charge in [0.2, 0.25) is 0 Å². The van der Waals surface area contributed by atoms with Gasteiger partial charge in [-0.1, -0.05) is 35.8 Å². The van der Waals surface area contributed by atoms with Crippen molar-refractivity contribution >= 4 is 15.9 Å². The first kappa shape index (κ1) is 16.2. The Morgan fingerprint density at radius 2 is 2.05 bits per heavy atom. The largest absolute Gasteiger partial charge is 0.324 e. The second kappa shape index (κ2) is 6.71. The lowest BCUT2D eigenvalue weighted by Gasteiger charge is -2.11. The molecule has 0 aliphatic heterocycles. The Kier molecular flexibility index (Phi) is 5.17. The smallest absolute Gasteiger partial charge is 0.124 e. The molecule has 114 valence electrons. The van der Waals surface area contributed by atoms with Crippen LogP contribution in [-0.2, 0) is 19.4 Å². The highest BCUT2D eigenvalue weighted by Crippen LogP contribution is 2.25. The van der Waals surface area contributed by atoms with E-state index >= 15 is 0 Å². The van der Waals surface area contributed by atoms with Gasteiger partial charge in [-0.3, -0.25) is 4.68 Å². The van der Waals surface area contributed by atoms with Crippen LogP contribution < -0.4 is 5.73 Å². The van der Waals surface area contributed by atoms with Crippen molar-refractivity contribution in [1.29, 1.82) is 0 Å². The second-order valence-corrected chi connectivity index (χ2v) is 6.05. The summed E-state index contributed by atoms with van der Waals surface area (Å²) < 4.78 is 16.0. The average Bonchev–Trinajstić information content (AvgIpc) is 2.79. The van der Waals surface area contributed by atoms with Crippen LogP contribution in [0.1, 0.15) is 49.3 Å². The summed E-state index contributed by atoms with van der Waals surface area (Å²) in [6, 6.07) is 4.72. The van der Waals surface area contributed by atoms with Gasteiger partial charge < -0.3 is 5.73 Å². The Hall–Kier alpha value is -1.20. The third-order valence-corrected chi connectivity index (χ3v) is 4.37. The van der Waals surface area contributed by atoms with Crippen LogP contribution in [0.25, 0.3) is 0 Å². The molecule has 0 saturated carbocycles. The number of hydrogen-bond acceptors (Lipinski definition) is 2. The highest BCUT2D eigenvalue weighted by molar-refractivity contribution is 9.10. The Labute approximate surface area is 133 Å². The Morgan fingerprint density at radius 3 is 2.57 bits per heavy atom. The summed E-state index contributed by atoms with van der Waals surface area (Å²) in [6.07, 6.45) is 1.74. The Morgan fingerprint density at radius 1 is 1.33 bits per heavy atom. The molecule has 0 bridgehead atoms. The van der Waals surface area contributed by atoms with Gasteiger partial charge in [0.15, 0.2) is 0 Å². The van der Waals surface area contributed by atoms with Crippen molar-refractivity contribution in [1.82, 2.24) is 9.78 Å². The molecule has 1 aromatic heterocycles. The van der Waals surface area contributed by atoms with Crippen molar-refractivity contribution in [2.24, 2.45) is 5.73 Å². The first-order valence-corrected chi connectivity index (χ1v) is 8.05. The van der Waals surface area contributed by atoms with Crippen molar-refractivity contribution in [3.05, 3.63) is 51.0 Å². The van der Waals surface area contributed by atoms with E-state index in [4.69, 9.17) is 10.8 Å². The molecular weight excluding hydrogens is 333 g/mol. The molecule has 0 fully saturated rings. The van der Waals surface area contributed by atoms with E-state index in [1.54, 1.807) is 6.07 Å². The van der Waals surface area contributed by atoms with E-state index < -0.39 is 0 Å². The van der Waals surface area contributed by atoms with E-state index in [2.05, 4.69) is 29.8 Å².